The Labute approximate surface area is 359 Å². The molecule has 0 bridgehead atoms. The van der Waals surface area contributed by atoms with Crippen molar-refractivity contribution in [2.24, 2.45) is 0 Å². The molecule has 0 unspecified atom stereocenters. The number of nitrogens with one attached hydrogen (secondary N) is 2. The zero-order valence-electron chi connectivity index (χ0n) is 38.7. The molecule has 0 fully saturated rings. The minimum absolute atomic E-state index is 0.387. The number of carbonyl (C=O) groups excluding carboxylic acids is 2. The molecule has 0 atom stereocenters. The van der Waals surface area contributed by atoms with Crippen molar-refractivity contribution in [1.82, 2.24) is 9.80 Å². The van der Waals surface area contributed by atoms with Gasteiger partial charge in [-0.1, -0.05) is 187 Å². The van der Waals surface area contributed by atoms with Crippen molar-refractivity contribution in [3.63, 3.8) is 0 Å². The Bertz CT molecular complexity index is 979. The lowest BCUT2D eigenvalue weighted by molar-refractivity contribution is 0.157. The van der Waals surface area contributed by atoms with E-state index in [2.05, 4.69) is 48.4 Å². The molecule has 0 saturated carbocycles. The van der Waals surface area contributed by atoms with Crippen molar-refractivity contribution < 1.29 is 19.1 Å². The first-order valence-corrected chi connectivity index (χ1v) is 24.8. The third kappa shape index (κ3) is 36.7. The van der Waals surface area contributed by atoms with Crippen LogP contribution in [0.1, 0.15) is 219 Å². The number of amides is 2. The number of carbonyl (C=O) groups is 2. The molecule has 1 aromatic carbocycles. The third-order valence-electron chi connectivity index (χ3n) is 11.5. The summed E-state index contributed by atoms with van der Waals surface area (Å²) in [5, 5.41) is 5.54. The van der Waals surface area contributed by atoms with Crippen molar-refractivity contribution >= 4 is 23.6 Å². The molecule has 0 aliphatic heterocycles. The van der Waals surface area contributed by atoms with Crippen molar-refractivity contribution in [2.45, 2.75) is 219 Å². The predicted octanol–water partition coefficient (Wildman–Crippen LogP) is 15.2. The number of benzene rings is 1. The molecule has 1 aromatic rings. The van der Waals surface area contributed by atoms with Gasteiger partial charge >= 0.3 is 12.2 Å². The lowest BCUT2D eigenvalue weighted by atomic mass is 10.0. The number of unbranched alkanes of at least 4 members (excludes halogenated alkanes) is 28. The smallest absolute Gasteiger partial charge is 0.411 e. The Kier molecular flexibility index (Phi) is 38.3. The van der Waals surface area contributed by atoms with E-state index < -0.39 is 12.2 Å². The van der Waals surface area contributed by atoms with Gasteiger partial charge in [0.15, 0.2) is 0 Å². The summed E-state index contributed by atoms with van der Waals surface area (Å²) in [6.45, 7) is 9.65. The van der Waals surface area contributed by atoms with Crippen molar-refractivity contribution in [1.29, 1.82) is 0 Å². The zero-order valence-corrected chi connectivity index (χ0v) is 38.7. The quantitative estimate of drug-likeness (QED) is 0.0640. The molecule has 2 amide bonds. The first kappa shape index (κ1) is 53.7. The average Bonchev–Trinajstić information content (AvgIpc) is 3.21. The van der Waals surface area contributed by atoms with Crippen LogP contribution in [-0.4, -0.2) is 75.5 Å². The molecule has 0 aliphatic rings. The summed E-state index contributed by atoms with van der Waals surface area (Å²) < 4.78 is 10.8. The van der Waals surface area contributed by atoms with E-state index in [1.54, 1.807) is 24.3 Å². The maximum atomic E-state index is 12.4. The Morgan fingerprint density at radius 2 is 0.672 bits per heavy atom. The summed E-state index contributed by atoms with van der Waals surface area (Å²) in [5.41, 5.74) is 1.13. The highest BCUT2D eigenvalue weighted by Gasteiger charge is 2.08. The lowest BCUT2D eigenvalue weighted by Gasteiger charge is -2.16. The van der Waals surface area contributed by atoms with Gasteiger partial charge in [0.2, 0.25) is 0 Å². The van der Waals surface area contributed by atoms with Gasteiger partial charge < -0.3 is 19.3 Å². The molecule has 0 radical (unpaired) electrons. The van der Waals surface area contributed by atoms with Crippen molar-refractivity contribution in [2.75, 3.05) is 64.1 Å². The average molecular weight is 815 g/mol. The van der Waals surface area contributed by atoms with Gasteiger partial charge in [-0.05, 0) is 97.0 Å². The fourth-order valence-electron chi connectivity index (χ4n) is 7.66. The van der Waals surface area contributed by atoms with E-state index >= 15 is 0 Å². The molecule has 8 heteroatoms. The van der Waals surface area contributed by atoms with Crippen LogP contribution in [0.2, 0.25) is 0 Å². The normalized spacial score (nSPS) is 11.4. The van der Waals surface area contributed by atoms with Gasteiger partial charge in [-0.25, -0.2) is 9.59 Å². The van der Waals surface area contributed by atoms with Gasteiger partial charge in [-0.15, -0.1) is 0 Å². The van der Waals surface area contributed by atoms with Gasteiger partial charge in [0, 0.05) is 11.4 Å². The second-order valence-electron chi connectivity index (χ2n) is 17.3. The SMILES string of the molecule is CCCCCCCCCCCCCCCCN(C)CCCCOC(=O)Nc1cccc(NC(=O)OCCCCN(C)CCCCCCCCCCCCCCCC)c1. The largest absolute Gasteiger partial charge is 0.449 e. The van der Waals surface area contributed by atoms with E-state index in [9.17, 15) is 9.59 Å². The van der Waals surface area contributed by atoms with Crippen LogP contribution in [0.4, 0.5) is 21.0 Å². The number of ether oxygens (including phenoxy) is 2. The number of hydrogen-bond acceptors (Lipinski definition) is 6. The third-order valence-corrected chi connectivity index (χ3v) is 11.5. The number of hydrogen-bond donors (Lipinski definition) is 2. The van der Waals surface area contributed by atoms with E-state index in [0.717, 1.165) is 51.9 Å². The molecule has 0 heterocycles. The molecule has 0 aliphatic carbocycles. The maximum Gasteiger partial charge on any atom is 0.411 e. The lowest BCUT2D eigenvalue weighted by Crippen LogP contribution is -2.21. The predicted molar refractivity (Wildman–Crippen MR) is 250 cm³/mol. The zero-order chi connectivity index (χ0) is 42.0. The van der Waals surface area contributed by atoms with Crippen LogP contribution in [-0.2, 0) is 9.47 Å². The highest BCUT2D eigenvalue weighted by molar-refractivity contribution is 5.88. The van der Waals surface area contributed by atoms with E-state index in [4.69, 9.17) is 9.47 Å². The fraction of sp³-hybridized carbons (Fsp3) is 0.840. The fourth-order valence-corrected chi connectivity index (χ4v) is 7.66. The first-order valence-electron chi connectivity index (χ1n) is 24.8. The van der Waals surface area contributed by atoms with Gasteiger partial charge in [0.05, 0.1) is 13.2 Å². The van der Waals surface area contributed by atoms with Crippen LogP contribution in [0, 0.1) is 0 Å². The summed E-state index contributed by atoms with van der Waals surface area (Å²) in [5.74, 6) is 0. The Morgan fingerprint density at radius 1 is 0.414 bits per heavy atom. The Balaban J connectivity index is 1.97. The molecule has 338 valence electrons. The summed E-state index contributed by atoms with van der Waals surface area (Å²) in [4.78, 5) is 29.5. The molecule has 2 N–H and O–H groups in total. The highest BCUT2D eigenvalue weighted by atomic mass is 16.6. The molecule has 0 spiro atoms. The summed E-state index contributed by atoms with van der Waals surface area (Å²) >= 11 is 0. The van der Waals surface area contributed by atoms with Crippen LogP contribution in [0.5, 0.6) is 0 Å². The van der Waals surface area contributed by atoms with Crippen LogP contribution in [0.25, 0.3) is 0 Å². The van der Waals surface area contributed by atoms with Crippen LogP contribution in [0.15, 0.2) is 24.3 Å². The monoisotopic (exact) mass is 815 g/mol. The number of rotatable bonds is 42. The topological polar surface area (TPSA) is 83.1 Å². The van der Waals surface area contributed by atoms with Gasteiger partial charge in [0.1, 0.15) is 0 Å². The van der Waals surface area contributed by atoms with Gasteiger partial charge in [0.25, 0.3) is 0 Å². The molecular formula is C50H94N4O4. The van der Waals surface area contributed by atoms with Crippen molar-refractivity contribution in [3.05, 3.63) is 24.3 Å². The molecule has 58 heavy (non-hydrogen) atoms. The minimum Gasteiger partial charge on any atom is -0.449 e. The Morgan fingerprint density at radius 3 is 0.966 bits per heavy atom. The summed E-state index contributed by atoms with van der Waals surface area (Å²) in [6, 6.07) is 7.05. The second-order valence-corrected chi connectivity index (χ2v) is 17.3. The standard InChI is InChI=1S/C50H94N4O4/c1-5-7-9-11-13-15-17-19-21-23-25-27-29-31-40-53(3)42-33-35-44-57-49(55)51-47-38-37-39-48(46-47)52-50(56)58-45-36-34-43-54(4)41-32-30-28-26-24-22-20-18-16-14-12-10-8-6-2/h37-39,46H,5-36,40-45H2,1-4H3,(H,51,55)(H,52,56). The number of nitrogens with zero attached hydrogens (tertiary/aromatic N) is 2. The molecule has 8 nitrogen and oxygen atoms in total. The van der Waals surface area contributed by atoms with E-state index in [0.29, 0.717) is 24.6 Å². The van der Waals surface area contributed by atoms with Crippen LogP contribution < -0.4 is 10.6 Å². The van der Waals surface area contributed by atoms with Crippen LogP contribution in [0.3, 0.4) is 0 Å². The van der Waals surface area contributed by atoms with Gasteiger partial charge in [-0.2, -0.15) is 0 Å². The minimum atomic E-state index is -0.482. The molecule has 0 aromatic heterocycles. The molecule has 1 rings (SSSR count). The maximum absolute atomic E-state index is 12.4. The highest BCUT2D eigenvalue weighted by Crippen LogP contribution is 2.17. The van der Waals surface area contributed by atoms with Gasteiger partial charge in [-0.3, -0.25) is 10.6 Å². The molecule has 0 saturated heterocycles. The second kappa shape index (κ2) is 41.4. The summed E-state index contributed by atoms with van der Waals surface area (Å²) in [6.07, 6.45) is 41.6. The van der Waals surface area contributed by atoms with E-state index in [-0.39, 0.29) is 0 Å². The Hall–Kier alpha value is -2.32. The van der Waals surface area contributed by atoms with Crippen LogP contribution >= 0.6 is 0 Å². The molecular weight excluding hydrogens is 721 g/mol. The first-order chi connectivity index (χ1) is 28.4. The number of anilines is 2. The van der Waals surface area contributed by atoms with E-state index in [1.807, 2.05) is 0 Å². The summed E-state index contributed by atoms with van der Waals surface area (Å²) in [7, 11) is 4.38. The van der Waals surface area contributed by atoms with Crippen molar-refractivity contribution in [3.8, 4) is 0 Å². The van der Waals surface area contributed by atoms with E-state index in [1.165, 1.54) is 180 Å².